The molecule has 0 spiro atoms. The second-order valence-corrected chi connectivity index (χ2v) is 6.33. The van der Waals surface area contributed by atoms with Crippen LogP contribution < -0.4 is 25.0 Å². The van der Waals surface area contributed by atoms with Gasteiger partial charge in [0.1, 0.15) is 5.82 Å². The molecule has 144 valence electrons. The van der Waals surface area contributed by atoms with E-state index in [9.17, 15) is 4.79 Å². The summed E-state index contributed by atoms with van der Waals surface area (Å²) < 4.78 is 10.8. The zero-order valence-corrected chi connectivity index (χ0v) is 15.8. The van der Waals surface area contributed by atoms with E-state index >= 15 is 0 Å². The summed E-state index contributed by atoms with van der Waals surface area (Å²) in [4.78, 5) is 18.9. The van der Waals surface area contributed by atoms with Crippen LogP contribution in [-0.4, -0.2) is 37.8 Å². The molecule has 0 saturated carbocycles. The Hall–Kier alpha value is -2.96. The SMILES string of the molecule is CCOc1cc(NC(=O)NCc2ccc(N3CCCC3)nc2)ccc1OC. The molecule has 2 N–H and O–H groups in total. The topological polar surface area (TPSA) is 75.7 Å². The molecule has 0 aliphatic carbocycles. The second-order valence-electron chi connectivity index (χ2n) is 6.33. The van der Waals surface area contributed by atoms with Crippen molar-refractivity contribution in [1.29, 1.82) is 0 Å². The normalized spacial score (nSPS) is 13.3. The number of hydrogen-bond acceptors (Lipinski definition) is 5. The van der Waals surface area contributed by atoms with Gasteiger partial charge in [-0.3, -0.25) is 0 Å². The summed E-state index contributed by atoms with van der Waals surface area (Å²) in [5.41, 5.74) is 1.59. The Morgan fingerprint density at radius 2 is 2.00 bits per heavy atom. The van der Waals surface area contributed by atoms with Gasteiger partial charge < -0.3 is 25.0 Å². The Kier molecular flexibility index (Phi) is 6.35. The second kappa shape index (κ2) is 9.12. The maximum Gasteiger partial charge on any atom is 0.319 e. The average molecular weight is 370 g/mol. The summed E-state index contributed by atoms with van der Waals surface area (Å²) in [6.07, 6.45) is 4.26. The molecule has 3 rings (SSSR count). The van der Waals surface area contributed by atoms with Gasteiger partial charge in [0.2, 0.25) is 0 Å². The van der Waals surface area contributed by atoms with Crippen LogP contribution in [0.1, 0.15) is 25.3 Å². The first kappa shape index (κ1) is 18.8. The number of nitrogens with one attached hydrogen (secondary N) is 2. The number of carbonyl (C=O) groups excluding carboxylic acids is 1. The van der Waals surface area contributed by atoms with E-state index in [1.165, 1.54) is 12.8 Å². The monoisotopic (exact) mass is 370 g/mol. The molecule has 0 radical (unpaired) electrons. The molecule has 1 aromatic heterocycles. The third-order valence-corrected chi connectivity index (χ3v) is 4.41. The number of benzene rings is 1. The summed E-state index contributed by atoms with van der Waals surface area (Å²) in [7, 11) is 1.58. The van der Waals surface area contributed by atoms with Crippen LogP contribution in [-0.2, 0) is 6.54 Å². The molecule has 1 fully saturated rings. The van der Waals surface area contributed by atoms with Crippen molar-refractivity contribution in [2.24, 2.45) is 0 Å². The average Bonchev–Trinajstić information content (AvgIpc) is 3.22. The first-order valence-corrected chi connectivity index (χ1v) is 9.25. The number of nitrogens with zero attached hydrogens (tertiary/aromatic N) is 2. The molecule has 0 bridgehead atoms. The lowest BCUT2D eigenvalue weighted by Gasteiger charge is -2.16. The summed E-state index contributed by atoms with van der Waals surface area (Å²) in [5.74, 6) is 2.23. The van der Waals surface area contributed by atoms with E-state index in [1.54, 1.807) is 25.3 Å². The Morgan fingerprint density at radius 3 is 2.67 bits per heavy atom. The van der Waals surface area contributed by atoms with Gasteiger partial charge in [0.05, 0.1) is 13.7 Å². The molecular formula is C20H26N4O3. The number of rotatable bonds is 7. The van der Waals surface area contributed by atoms with Crippen LogP contribution in [0, 0.1) is 0 Å². The Morgan fingerprint density at radius 1 is 1.19 bits per heavy atom. The van der Waals surface area contributed by atoms with Gasteiger partial charge in [-0.15, -0.1) is 0 Å². The summed E-state index contributed by atoms with van der Waals surface area (Å²) in [6, 6.07) is 9.01. The van der Waals surface area contributed by atoms with E-state index < -0.39 is 0 Å². The lowest BCUT2D eigenvalue weighted by atomic mass is 10.2. The van der Waals surface area contributed by atoms with Gasteiger partial charge in [0, 0.05) is 37.6 Å². The van der Waals surface area contributed by atoms with E-state index in [4.69, 9.17) is 9.47 Å². The van der Waals surface area contributed by atoms with Crippen molar-refractivity contribution in [1.82, 2.24) is 10.3 Å². The summed E-state index contributed by atoms with van der Waals surface area (Å²) in [6.45, 7) is 4.96. The van der Waals surface area contributed by atoms with Gasteiger partial charge in [-0.05, 0) is 43.5 Å². The molecular weight excluding hydrogens is 344 g/mol. The highest BCUT2D eigenvalue weighted by Crippen LogP contribution is 2.30. The molecule has 7 heteroatoms. The molecule has 1 aromatic carbocycles. The lowest BCUT2D eigenvalue weighted by Crippen LogP contribution is -2.28. The van der Waals surface area contributed by atoms with Crippen LogP contribution in [0.15, 0.2) is 36.5 Å². The summed E-state index contributed by atoms with van der Waals surface area (Å²) >= 11 is 0. The van der Waals surface area contributed by atoms with E-state index in [0.717, 1.165) is 24.5 Å². The van der Waals surface area contributed by atoms with Crippen LogP contribution in [0.2, 0.25) is 0 Å². The molecule has 2 aromatic rings. The van der Waals surface area contributed by atoms with Crippen LogP contribution >= 0.6 is 0 Å². The van der Waals surface area contributed by atoms with Crippen LogP contribution in [0.25, 0.3) is 0 Å². The molecule has 0 unspecified atom stereocenters. The van der Waals surface area contributed by atoms with Gasteiger partial charge in [0.25, 0.3) is 0 Å². The van der Waals surface area contributed by atoms with Crippen molar-refractivity contribution in [3.63, 3.8) is 0 Å². The van der Waals surface area contributed by atoms with Crippen molar-refractivity contribution >= 4 is 17.5 Å². The van der Waals surface area contributed by atoms with Crippen molar-refractivity contribution in [3.8, 4) is 11.5 Å². The molecule has 0 atom stereocenters. The minimum absolute atomic E-state index is 0.286. The predicted molar refractivity (Wildman–Crippen MR) is 106 cm³/mol. The first-order valence-electron chi connectivity index (χ1n) is 9.25. The van der Waals surface area contributed by atoms with E-state index in [0.29, 0.717) is 30.3 Å². The fraction of sp³-hybridized carbons (Fsp3) is 0.400. The largest absolute Gasteiger partial charge is 0.493 e. The smallest absolute Gasteiger partial charge is 0.319 e. The number of hydrogen-bond donors (Lipinski definition) is 2. The van der Waals surface area contributed by atoms with Crippen LogP contribution in [0.4, 0.5) is 16.3 Å². The molecule has 1 aliphatic heterocycles. The number of anilines is 2. The summed E-state index contributed by atoms with van der Waals surface area (Å²) in [5, 5.41) is 5.64. The predicted octanol–water partition coefficient (Wildman–Crippen LogP) is 3.41. The minimum Gasteiger partial charge on any atom is -0.493 e. The van der Waals surface area contributed by atoms with Crippen molar-refractivity contribution < 1.29 is 14.3 Å². The van der Waals surface area contributed by atoms with Gasteiger partial charge >= 0.3 is 6.03 Å². The number of ether oxygens (including phenoxy) is 2. The molecule has 2 heterocycles. The Bertz CT molecular complexity index is 758. The van der Waals surface area contributed by atoms with Gasteiger partial charge in [-0.2, -0.15) is 0 Å². The molecule has 7 nitrogen and oxygen atoms in total. The maximum absolute atomic E-state index is 12.2. The third-order valence-electron chi connectivity index (χ3n) is 4.41. The minimum atomic E-state index is -0.286. The standard InChI is InChI=1S/C20H26N4O3/c1-3-27-18-12-16(7-8-17(18)26-2)23-20(25)22-14-15-6-9-19(21-13-15)24-10-4-5-11-24/h6-9,12-13H,3-5,10-11,14H2,1-2H3,(H2,22,23,25). The molecule has 27 heavy (non-hydrogen) atoms. The quantitative estimate of drug-likeness (QED) is 0.781. The van der Waals surface area contributed by atoms with Crippen molar-refractivity contribution in [3.05, 3.63) is 42.1 Å². The van der Waals surface area contributed by atoms with Crippen LogP contribution in [0.3, 0.4) is 0 Å². The lowest BCUT2D eigenvalue weighted by molar-refractivity contribution is 0.251. The highest BCUT2D eigenvalue weighted by molar-refractivity contribution is 5.89. The fourth-order valence-corrected chi connectivity index (χ4v) is 3.03. The molecule has 1 saturated heterocycles. The van der Waals surface area contributed by atoms with Gasteiger partial charge in [0.15, 0.2) is 11.5 Å². The zero-order valence-electron chi connectivity index (χ0n) is 15.8. The number of aromatic nitrogens is 1. The van der Waals surface area contributed by atoms with Crippen molar-refractivity contribution in [2.75, 3.05) is 37.0 Å². The van der Waals surface area contributed by atoms with Gasteiger partial charge in [-0.25, -0.2) is 9.78 Å². The van der Waals surface area contributed by atoms with Crippen molar-refractivity contribution in [2.45, 2.75) is 26.3 Å². The first-order chi connectivity index (χ1) is 13.2. The number of urea groups is 1. The highest BCUT2D eigenvalue weighted by atomic mass is 16.5. The fourth-order valence-electron chi connectivity index (χ4n) is 3.03. The van der Waals surface area contributed by atoms with E-state index in [1.807, 2.05) is 25.3 Å². The molecule has 1 aliphatic rings. The number of methoxy groups -OCH3 is 1. The van der Waals surface area contributed by atoms with Gasteiger partial charge in [-0.1, -0.05) is 6.07 Å². The molecule has 2 amide bonds. The Balaban J connectivity index is 1.52. The number of carbonyl (C=O) groups is 1. The highest BCUT2D eigenvalue weighted by Gasteiger charge is 2.13. The number of pyridine rings is 1. The third kappa shape index (κ3) is 5.03. The zero-order chi connectivity index (χ0) is 19.1. The maximum atomic E-state index is 12.2. The van der Waals surface area contributed by atoms with E-state index in [-0.39, 0.29) is 6.03 Å². The number of amides is 2. The van der Waals surface area contributed by atoms with Crippen LogP contribution in [0.5, 0.6) is 11.5 Å². The Labute approximate surface area is 159 Å². The van der Waals surface area contributed by atoms with E-state index in [2.05, 4.69) is 20.5 Å².